The fraction of sp³-hybridized carbons (Fsp3) is 0.308. The molecule has 31 heavy (non-hydrogen) atoms. The molecule has 1 atom stereocenters. The van der Waals surface area contributed by atoms with Crippen molar-refractivity contribution >= 4 is 5.97 Å². The van der Waals surface area contributed by atoms with Crippen molar-refractivity contribution < 1.29 is 14.3 Å². The smallest absolute Gasteiger partial charge is 0.338 e. The topological polar surface area (TPSA) is 85.3 Å². The van der Waals surface area contributed by atoms with Gasteiger partial charge in [0.2, 0.25) is 5.88 Å². The molecule has 0 saturated carbocycles. The van der Waals surface area contributed by atoms with Crippen LogP contribution in [0.1, 0.15) is 51.7 Å². The number of carbonyl (C=O) groups is 1. The Kier molecular flexibility index (Phi) is 6.21. The van der Waals surface area contributed by atoms with Crippen LogP contribution in [0.3, 0.4) is 0 Å². The van der Waals surface area contributed by atoms with Crippen LogP contribution in [-0.2, 0) is 19.7 Å². The van der Waals surface area contributed by atoms with Crippen molar-refractivity contribution in [2.24, 2.45) is 5.73 Å². The van der Waals surface area contributed by atoms with E-state index >= 15 is 0 Å². The minimum atomic E-state index is -0.647. The van der Waals surface area contributed by atoms with Gasteiger partial charge in [-0.2, -0.15) is 5.26 Å². The monoisotopic (exact) mass is 416 g/mol. The molecule has 0 bridgehead atoms. The molecule has 1 heterocycles. The van der Waals surface area contributed by atoms with Gasteiger partial charge in [0.05, 0.1) is 18.1 Å². The molecule has 0 amide bonds. The number of rotatable bonds is 4. The molecule has 2 N–H and O–H groups in total. The Morgan fingerprint density at radius 1 is 1.16 bits per heavy atom. The van der Waals surface area contributed by atoms with Crippen LogP contribution in [0.2, 0.25) is 0 Å². The van der Waals surface area contributed by atoms with Gasteiger partial charge < -0.3 is 15.2 Å². The molecular weight excluding hydrogens is 388 g/mol. The maximum Gasteiger partial charge on any atom is 0.338 e. The van der Waals surface area contributed by atoms with E-state index in [1.54, 1.807) is 13.8 Å². The van der Waals surface area contributed by atoms with Gasteiger partial charge in [-0.3, -0.25) is 0 Å². The molecule has 0 saturated heterocycles. The van der Waals surface area contributed by atoms with E-state index in [4.69, 9.17) is 15.2 Å². The number of ether oxygens (including phenoxy) is 2. The number of hydrogen-bond acceptors (Lipinski definition) is 5. The zero-order valence-corrected chi connectivity index (χ0v) is 18.7. The van der Waals surface area contributed by atoms with Crippen molar-refractivity contribution in [1.29, 1.82) is 5.26 Å². The lowest BCUT2D eigenvalue weighted by Crippen LogP contribution is -2.25. The van der Waals surface area contributed by atoms with Crippen molar-refractivity contribution in [2.45, 2.75) is 46.0 Å². The first-order chi connectivity index (χ1) is 14.7. The maximum absolute atomic E-state index is 12.7. The normalized spacial score (nSPS) is 16.6. The summed E-state index contributed by atoms with van der Waals surface area (Å²) in [6.45, 7) is 10.2. The summed E-state index contributed by atoms with van der Waals surface area (Å²) in [5.41, 5.74) is 10.6. The van der Waals surface area contributed by atoms with E-state index in [9.17, 15) is 10.1 Å². The SMILES string of the molecule is CCOC(=O)C1=C(C)OC(N)=C(C#N)C1c1cccc(-c2ccc(C(C)(C)C)cc2)c1. The van der Waals surface area contributed by atoms with Crippen LogP contribution in [0.5, 0.6) is 0 Å². The summed E-state index contributed by atoms with van der Waals surface area (Å²) in [6, 6.07) is 18.4. The highest BCUT2D eigenvalue weighted by Crippen LogP contribution is 2.40. The van der Waals surface area contributed by atoms with Crippen LogP contribution in [0.25, 0.3) is 11.1 Å². The number of benzene rings is 2. The third-order valence-corrected chi connectivity index (χ3v) is 5.41. The summed E-state index contributed by atoms with van der Waals surface area (Å²) in [5, 5.41) is 9.76. The average molecular weight is 417 g/mol. The van der Waals surface area contributed by atoms with E-state index in [1.165, 1.54) is 5.56 Å². The Hall–Kier alpha value is -3.52. The van der Waals surface area contributed by atoms with Crippen LogP contribution in [-0.4, -0.2) is 12.6 Å². The van der Waals surface area contributed by atoms with E-state index in [0.29, 0.717) is 11.3 Å². The van der Waals surface area contributed by atoms with E-state index in [-0.39, 0.29) is 23.5 Å². The van der Waals surface area contributed by atoms with Gasteiger partial charge in [0, 0.05) is 0 Å². The maximum atomic E-state index is 12.7. The van der Waals surface area contributed by atoms with Gasteiger partial charge in [-0.15, -0.1) is 0 Å². The highest BCUT2D eigenvalue weighted by atomic mass is 16.5. The summed E-state index contributed by atoms with van der Waals surface area (Å²) < 4.78 is 10.7. The molecule has 160 valence electrons. The van der Waals surface area contributed by atoms with Gasteiger partial charge in [-0.1, -0.05) is 69.3 Å². The van der Waals surface area contributed by atoms with Crippen molar-refractivity contribution in [2.75, 3.05) is 6.61 Å². The standard InChI is InChI=1S/C26H28N2O3/c1-6-30-25(29)22-16(2)31-24(28)21(15-27)23(22)19-9-7-8-18(14-19)17-10-12-20(13-11-17)26(3,4)5/h7-14,23H,6,28H2,1-5H3. The molecule has 0 radical (unpaired) electrons. The van der Waals surface area contributed by atoms with Crippen LogP contribution in [0.4, 0.5) is 0 Å². The molecular formula is C26H28N2O3. The highest BCUT2D eigenvalue weighted by Gasteiger charge is 2.36. The lowest BCUT2D eigenvalue weighted by atomic mass is 9.82. The Morgan fingerprint density at radius 2 is 1.84 bits per heavy atom. The predicted molar refractivity (Wildman–Crippen MR) is 121 cm³/mol. The van der Waals surface area contributed by atoms with Gasteiger partial charge in [0.25, 0.3) is 0 Å². The lowest BCUT2D eigenvalue weighted by Gasteiger charge is -2.27. The number of nitrogens with zero attached hydrogens (tertiary/aromatic N) is 1. The zero-order valence-electron chi connectivity index (χ0n) is 18.7. The van der Waals surface area contributed by atoms with Crippen molar-refractivity contribution in [3.63, 3.8) is 0 Å². The van der Waals surface area contributed by atoms with Crippen molar-refractivity contribution in [3.05, 3.63) is 82.4 Å². The first kappa shape index (κ1) is 22.2. The lowest BCUT2D eigenvalue weighted by molar-refractivity contribution is -0.139. The number of nitriles is 1. The third kappa shape index (κ3) is 4.49. The second-order valence-corrected chi connectivity index (χ2v) is 8.57. The molecule has 2 aromatic rings. The number of esters is 1. The first-order valence-electron chi connectivity index (χ1n) is 10.3. The van der Waals surface area contributed by atoms with Gasteiger partial charge in [-0.25, -0.2) is 4.79 Å². The highest BCUT2D eigenvalue weighted by molar-refractivity contribution is 5.92. The quantitative estimate of drug-likeness (QED) is 0.684. The Labute approximate surface area is 183 Å². The van der Waals surface area contributed by atoms with Gasteiger partial charge in [0.1, 0.15) is 17.4 Å². The third-order valence-electron chi connectivity index (χ3n) is 5.41. The van der Waals surface area contributed by atoms with E-state index in [1.807, 2.05) is 24.3 Å². The molecule has 5 nitrogen and oxygen atoms in total. The van der Waals surface area contributed by atoms with Crippen LogP contribution in [0, 0.1) is 11.3 Å². The van der Waals surface area contributed by atoms with Gasteiger partial charge >= 0.3 is 5.97 Å². The molecule has 1 aliphatic heterocycles. The fourth-order valence-corrected chi connectivity index (χ4v) is 3.75. The Morgan fingerprint density at radius 3 is 2.42 bits per heavy atom. The Bertz CT molecular complexity index is 1100. The summed E-state index contributed by atoms with van der Waals surface area (Å²) in [4.78, 5) is 12.7. The van der Waals surface area contributed by atoms with E-state index in [2.05, 4.69) is 51.1 Å². The summed E-state index contributed by atoms with van der Waals surface area (Å²) >= 11 is 0. The van der Waals surface area contributed by atoms with Crippen LogP contribution >= 0.6 is 0 Å². The molecule has 3 rings (SSSR count). The first-order valence-corrected chi connectivity index (χ1v) is 10.3. The number of carbonyl (C=O) groups excluding carboxylic acids is 1. The summed E-state index contributed by atoms with van der Waals surface area (Å²) in [6.07, 6.45) is 0. The molecule has 5 heteroatoms. The Balaban J connectivity index is 2.09. The number of allylic oxidation sites excluding steroid dienone is 2. The number of hydrogen-bond donors (Lipinski definition) is 1. The summed E-state index contributed by atoms with van der Waals surface area (Å²) in [7, 11) is 0. The predicted octanol–water partition coefficient (Wildman–Crippen LogP) is 5.30. The molecule has 0 fully saturated rings. The fourth-order valence-electron chi connectivity index (χ4n) is 3.75. The van der Waals surface area contributed by atoms with Gasteiger partial charge in [0.15, 0.2) is 0 Å². The minimum absolute atomic E-state index is 0.0120. The van der Waals surface area contributed by atoms with Gasteiger partial charge in [-0.05, 0) is 41.5 Å². The second-order valence-electron chi connectivity index (χ2n) is 8.57. The zero-order chi connectivity index (χ0) is 22.8. The molecule has 1 unspecified atom stereocenters. The molecule has 0 aliphatic carbocycles. The second kappa shape index (κ2) is 8.69. The van der Waals surface area contributed by atoms with E-state index in [0.717, 1.165) is 16.7 Å². The summed E-state index contributed by atoms with van der Waals surface area (Å²) in [5.74, 6) is -0.797. The minimum Gasteiger partial charge on any atom is -0.463 e. The molecule has 1 aliphatic rings. The van der Waals surface area contributed by atoms with Crippen LogP contribution < -0.4 is 5.73 Å². The van der Waals surface area contributed by atoms with Crippen molar-refractivity contribution in [1.82, 2.24) is 0 Å². The average Bonchev–Trinajstić information content (AvgIpc) is 2.73. The van der Waals surface area contributed by atoms with E-state index < -0.39 is 11.9 Å². The molecule has 2 aromatic carbocycles. The van der Waals surface area contributed by atoms with Crippen LogP contribution in [0.15, 0.2) is 71.3 Å². The number of nitrogens with two attached hydrogens (primary N) is 1. The largest absolute Gasteiger partial charge is 0.463 e. The van der Waals surface area contributed by atoms with Crippen molar-refractivity contribution in [3.8, 4) is 17.2 Å². The molecule has 0 aromatic heterocycles. The molecule has 0 spiro atoms.